The average Bonchev–Trinajstić information content (AvgIpc) is 3.25. The molecule has 2 N–H and O–H groups in total. The maximum atomic E-state index is 9.19. The van der Waals surface area contributed by atoms with E-state index < -0.39 is 0 Å². The van der Waals surface area contributed by atoms with Crippen LogP contribution in [0.25, 0.3) is 0 Å². The van der Waals surface area contributed by atoms with E-state index in [-0.39, 0.29) is 6.61 Å². The zero-order chi connectivity index (χ0) is 20.4. The van der Waals surface area contributed by atoms with E-state index in [0.29, 0.717) is 40.5 Å². The van der Waals surface area contributed by atoms with Crippen LogP contribution in [0.5, 0.6) is 0 Å². The number of aliphatic hydroxyl groups excluding tert-OH is 1. The topological polar surface area (TPSA) is 62.4 Å². The summed E-state index contributed by atoms with van der Waals surface area (Å²) in [5, 5.41) is 14.3. The Kier molecular flexibility index (Phi) is 6.11. The lowest BCUT2D eigenvalue weighted by Crippen LogP contribution is -2.15. The van der Waals surface area contributed by atoms with E-state index in [1.165, 1.54) is 5.56 Å². The van der Waals surface area contributed by atoms with Crippen LogP contribution in [-0.2, 0) is 19.4 Å². The van der Waals surface area contributed by atoms with Crippen LogP contribution in [0.15, 0.2) is 47.6 Å². The first-order valence-electron chi connectivity index (χ1n) is 9.21. The summed E-state index contributed by atoms with van der Waals surface area (Å²) < 4.78 is 2.02. The SMILES string of the molecule is OCCNc1nc(Cc2ccc(Cl)cc2Cl)cn1CC1=Nc2cc(Cl)ccc2C1. The third-order valence-electron chi connectivity index (χ3n) is 4.68. The van der Waals surface area contributed by atoms with Crippen molar-refractivity contribution < 1.29 is 5.11 Å². The first-order chi connectivity index (χ1) is 14.0. The van der Waals surface area contributed by atoms with Gasteiger partial charge in [-0.2, -0.15) is 0 Å². The van der Waals surface area contributed by atoms with Crippen LogP contribution in [0.3, 0.4) is 0 Å². The number of nitrogens with one attached hydrogen (secondary N) is 1. The van der Waals surface area contributed by atoms with Gasteiger partial charge in [0.1, 0.15) is 0 Å². The molecule has 1 aromatic heterocycles. The van der Waals surface area contributed by atoms with Crippen molar-refractivity contribution in [2.24, 2.45) is 4.99 Å². The third-order valence-corrected chi connectivity index (χ3v) is 5.50. The Morgan fingerprint density at radius 2 is 1.86 bits per heavy atom. The second kappa shape index (κ2) is 8.76. The lowest BCUT2D eigenvalue weighted by molar-refractivity contribution is 0.310. The van der Waals surface area contributed by atoms with Gasteiger partial charge in [-0.15, -0.1) is 0 Å². The molecule has 2 heterocycles. The summed E-state index contributed by atoms with van der Waals surface area (Å²) in [6, 6.07) is 11.2. The van der Waals surface area contributed by atoms with Crippen molar-refractivity contribution in [2.75, 3.05) is 18.5 Å². The number of aromatic nitrogens is 2. The molecule has 0 saturated carbocycles. The van der Waals surface area contributed by atoms with Gasteiger partial charge in [0.25, 0.3) is 0 Å². The minimum absolute atomic E-state index is 0.0239. The van der Waals surface area contributed by atoms with Gasteiger partial charge in [-0.05, 0) is 35.4 Å². The van der Waals surface area contributed by atoms with Gasteiger partial charge in [-0.1, -0.05) is 46.9 Å². The van der Waals surface area contributed by atoms with Crippen molar-refractivity contribution >= 4 is 52.2 Å². The number of rotatable bonds is 7. The minimum atomic E-state index is 0.0239. The summed E-state index contributed by atoms with van der Waals surface area (Å²) >= 11 is 18.4. The van der Waals surface area contributed by atoms with Gasteiger partial charge in [0.2, 0.25) is 5.95 Å². The highest BCUT2D eigenvalue weighted by molar-refractivity contribution is 6.35. The summed E-state index contributed by atoms with van der Waals surface area (Å²) in [5.74, 6) is 0.691. The molecule has 1 aliphatic heterocycles. The summed E-state index contributed by atoms with van der Waals surface area (Å²) in [4.78, 5) is 9.40. The molecule has 2 aromatic carbocycles. The van der Waals surface area contributed by atoms with Crippen LogP contribution < -0.4 is 5.32 Å². The van der Waals surface area contributed by atoms with E-state index >= 15 is 0 Å². The Hall–Kier alpha value is -2.05. The number of anilines is 1. The smallest absolute Gasteiger partial charge is 0.203 e. The number of halogens is 3. The molecule has 0 atom stereocenters. The number of fused-ring (bicyclic) bond motifs is 1. The molecule has 5 nitrogen and oxygen atoms in total. The Morgan fingerprint density at radius 3 is 2.66 bits per heavy atom. The molecule has 0 amide bonds. The van der Waals surface area contributed by atoms with E-state index in [2.05, 4.69) is 10.3 Å². The number of hydrogen-bond acceptors (Lipinski definition) is 4. The summed E-state index contributed by atoms with van der Waals surface area (Å²) in [6.07, 6.45) is 3.35. The van der Waals surface area contributed by atoms with Gasteiger partial charge >= 0.3 is 0 Å². The molecule has 0 spiro atoms. The largest absolute Gasteiger partial charge is 0.395 e. The number of aliphatic imine (C=N–C) groups is 1. The second-order valence-corrected chi connectivity index (χ2v) is 8.15. The Balaban J connectivity index is 1.56. The fourth-order valence-electron chi connectivity index (χ4n) is 3.35. The van der Waals surface area contributed by atoms with E-state index in [4.69, 9.17) is 39.8 Å². The molecule has 0 radical (unpaired) electrons. The van der Waals surface area contributed by atoms with Crippen molar-refractivity contribution in [3.05, 3.63) is 74.5 Å². The van der Waals surface area contributed by atoms with Crippen LogP contribution in [-0.4, -0.2) is 33.5 Å². The normalized spacial score (nSPS) is 12.8. The van der Waals surface area contributed by atoms with Gasteiger partial charge in [-0.25, -0.2) is 4.98 Å². The van der Waals surface area contributed by atoms with Gasteiger partial charge in [0, 0.05) is 46.4 Å². The molecule has 150 valence electrons. The number of hydrogen-bond donors (Lipinski definition) is 2. The minimum Gasteiger partial charge on any atom is -0.395 e. The number of benzene rings is 2. The predicted octanol–water partition coefficient (Wildman–Crippen LogP) is 5.17. The van der Waals surface area contributed by atoms with Crippen molar-refractivity contribution in [3.63, 3.8) is 0 Å². The van der Waals surface area contributed by atoms with Crippen molar-refractivity contribution in [1.29, 1.82) is 0 Å². The molecular weight excluding hydrogens is 431 g/mol. The zero-order valence-corrected chi connectivity index (χ0v) is 17.8. The fraction of sp³-hybridized carbons (Fsp3) is 0.238. The van der Waals surface area contributed by atoms with Crippen LogP contribution in [0, 0.1) is 0 Å². The summed E-state index contributed by atoms with van der Waals surface area (Å²) in [5.41, 5.74) is 4.94. The van der Waals surface area contributed by atoms with Gasteiger partial charge < -0.3 is 15.0 Å². The predicted molar refractivity (Wildman–Crippen MR) is 119 cm³/mol. The highest BCUT2D eigenvalue weighted by Gasteiger charge is 2.17. The summed E-state index contributed by atoms with van der Waals surface area (Å²) in [7, 11) is 0. The molecule has 0 bridgehead atoms. The number of imidazole rings is 1. The van der Waals surface area contributed by atoms with Gasteiger partial charge in [0.15, 0.2) is 0 Å². The number of aliphatic hydroxyl groups is 1. The number of nitrogens with zero attached hydrogens (tertiary/aromatic N) is 3. The first-order valence-corrected chi connectivity index (χ1v) is 10.3. The molecule has 3 aromatic rings. The molecule has 0 unspecified atom stereocenters. The van der Waals surface area contributed by atoms with E-state index in [1.54, 1.807) is 6.07 Å². The van der Waals surface area contributed by atoms with Gasteiger partial charge in [0.05, 0.1) is 24.5 Å². The fourth-order valence-corrected chi connectivity index (χ4v) is 3.99. The molecule has 29 heavy (non-hydrogen) atoms. The van der Waals surface area contributed by atoms with Crippen molar-refractivity contribution in [3.8, 4) is 0 Å². The molecule has 4 rings (SSSR count). The molecule has 0 saturated heterocycles. The standard InChI is InChI=1S/C21H19Cl3N4O/c22-15-3-1-13(19(24)9-15)7-18-12-28(21(27-18)25-5-6-29)11-17-8-14-2-4-16(23)10-20(14)26-17/h1-4,9-10,12,29H,5-8,11H2,(H,25,27). The van der Waals surface area contributed by atoms with Crippen molar-refractivity contribution in [2.45, 2.75) is 19.4 Å². The maximum absolute atomic E-state index is 9.19. The third kappa shape index (κ3) is 4.75. The lowest BCUT2D eigenvalue weighted by Gasteiger charge is -2.08. The monoisotopic (exact) mass is 448 g/mol. The average molecular weight is 450 g/mol. The van der Waals surface area contributed by atoms with Crippen LogP contribution in [0.2, 0.25) is 15.1 Å². The van der Waals surface area contributed by atoms with E-state index in [0.717, 1.165) is 29.1 Å². The van der Waals surface area contributed by atoms with Crippen LogP contribution in [0.4, 0.5) is 11.6 Å². The molecule has 0 aliphatic carbocycles. The Bertz CT molecular complexity index is 1080. The first kappa shape index (κ1) is 20.2. The van der Waals surface area contributed by atoms with Crippen LogP contribution >= 0.6 is 34.8 Å². The molecule has 8 heteroatoms. The summed E-state index contributed by atoms with van der Waals surface area (Å²) in [6.45, 7) is 1.04. The zero-order valence-electron chi connectivity index (χ0n) is 15.5. The molecule has 0 fully saturated rings. The van der Waals surface area contributed by atoms with E-state index in [9.17, 15) is 5.11 Å². The highest BCUT2D eigenvalue weighted by Crippen LogP contribution is 2.30. The second-order valence-electron chi connectivity index (χ2n) is 6.87. The molecular formula is C21H19Cl3N4O. The van der Waals surface area contributed by atoms with E-state index in [1.807, 2.05) is 41.1 Å². The van der Waals surface area contributed by atoms with Crippen LogP contribution in [0.1, 0.15) is 16.8 Å². The lowest BCUT2D eigenvalue weighted by atomic mass is 10.1. The maximum Gasteiger partial charge on any atom is 0.203 e. The van der Waals surface area contributed by atoms with Gasteiger partial charge in [-0.3, -0.25) is 4.99 Å². The molecule has 1 aliphatic rings. The van der Waals surface area contributed by atoms with Crippen molar-refractivity contribution in [1.82, 2.24) is 9.55 Å². The Morgan fingerprint density at radius 1 is 1.07 bits per heavy atom. The quantitative estimate of drug-likeness (QED) is 0.523. The Labute approximate surface area is 184 Å². The highest BCUT2D eigenvalue weighted by atomic mass is 35.5.